The van der Waals surface area contributed by atoms with Crippen molar-refractivity contribution >= 4 is 17.6 Å². The average molecular weight is 343 g/mol. The lowest BCUT2D eigenvalue weighted by molar-refractivity contribution is -0.136. The molecule has 3 aliphatic rings. The van der Waals surface area contributed by atoms with E-state index in [0.717, 1.165) is 0 Å². The van der Waals surface area contributed by atoms with E-state index in [1.165, 1.54) is 19.2 Å². The second kappa shape index (κ2) is 6.55. The number of carbonyl (C=O) groups excluding carboxylic acids is 1. The fourth-order valence-corrected chi connectivity index (χ4v) is 3.30. The maximum Gasteiger partial charge on any atom is 0.307 e. The highest BCUT2D eigenvalue weighted by atomic mass is 19.1. The first-order chi connectivity index (χ1) is 11.9. The minimum atomic E-state index is -0.973. The largest absolute Gasteiger partial charge is 0.481 e. The van der Waals surface area contributed by atoms with Crippen LogP contribution >= 0.6 is 0 Å². The van der Waals surface area contributed by atoms with Gasteiger partial charge in [-0.25, -0.2) is 4.39 Å². The van der Waals surface area contributed by atoms with Crippen LogP contribution in [0.3, 0.4) is 0 Å². The topological polar surface area (TPSA) is 75.6 Å². The molecule has 5 nitrogen and oxygen atoms in total. The fourth-order valence-electron chi connectivity index (χ4n) is 3.30. The van der Waals surface area contributed by atoms with Crippen molar-refractivity contribution in [3.05, 3.63) is 64.2 Å². The van der Waals surface area contributed by atoms with Gasteiger partial charge in [-0.1, -0.05) is 6.92 Å². The van der Waals surface area contributed by atoms with Crippen molar-refractivity contribution in [1.29, 1.82) is 0 Å². The van der Waals surface area contributed by atoms with Gasteiger partial charge >= 0.3 is 5.97 Å². The second-order valence-electron chi connectivity index (χ2n) is 6.12. The van der Waals surface area contributed by atoms with Gasteiger partial charge in [0.05, 0.1) is 12.0 Å². The molecule has 6 heteroatoms. The first-order valence-corrected chi connectivity index (χ1v) is 7.96. The molecule has 0 saturated heterocycles. The lowest BCUT2D eigenvalue weighted by atomic mass is 9.81. The summed E-state index contributed by atoms with van der Waals surface area (Å²) >= 11 is 0. The van der Waals surface area contributed by atoms with E-state index < -0.39 is 5.97 Å². The van der Waals surface area contributed by atoms with Gasteiger partial charge in [0.25, 0.3) is 5.91 Å². The number of carboxylic acid groups (broad SMARTS) is 1. The number of carboxylic acids is 1. The molecule has 1 atom stereocenters. The Hall–Kier alpha value is -2.89. The highest BCUT2D eigenvalue weighted by Gasteiger charge is 2.35. The molecule has 0 fully saturated rings. The first-order valence-electron chi connectivity index (χ1n) is 7.96. The van der Waals surface area contributed by atoms with Gasteiger partial charge in [0.2, 0.25) is 0 Å². The molecule has 4 rings (SSSR count). The Morgan fingerprint density at radius 2 is 2.00 bits per heavy atom. The third-order valence-electron chi connectivity index (χ3n) is 4.31. The van der Waals surface area contributed by atoms with Crippen LogP contribution in [-0.4, -0.2) is 24.0 Å². The van der Waals surface area contributed by atoms with Gasteiger partial charge in [0.15, 0.2) is 0 Å². The van der Waals surface area contributed by atoms with E-state index in [-0.39, 0.29) is 24.1 Å². The van der Waals surface area contributed by atoms with Gasteiger partial charge in [0.1, 0.15) is 17.3 Å². The number of likely N-dealkylation sites (N-methyl/N-ethyl adjacent to an activating group) is 1. The number of nitrogens with one attached hydrogen (secondary N) is 1. The quantitative estimate of drug-likeness (QED) is 0.881. The van der Waals surface area contributed by atoms with E-state index in [0.29, 0.717) is 40.2 Å². The zero-order chi connectivity index (χ0) is 18.1. The summed E-state index contributed by atoms with van der Waals surface area (Å²) in [5.74, 6) is -0.851. The summed E-state index contributed by atoms with van der Waals surface area (Å²) in [6.45, 7) is 1.93. The van der Waals surface area contributed by atoms with E-state index in [2.05, 4.69) is 5.32 Å². The summed E-state index contributed by atoms with van der Waals surface area (Å²) in [6.07, 6.45) is 2.08. The number of rotatable bonds is 4. The van der Waals surface area contributed by atoms with Crippen LogP contribution in [0.5, 0.6) is 0 Å². The SMILES string of the molecule is CNC(=O)C1=C(c2ccc(F)cc2)OC2=CC(CC(=O)O)=C1[C@H](C)C2. The third-order valence-corrected chi connectivity index (χ3v) is 4.31. The van der Waals surface area contributed by atoms with Crippen molar-refractivity contribution in [3.8, 4) is 0 Å². The number of benzene rings is 1. The van der Waals surface area contributed by atoms with E-state index in [1.54, 1.807) is 18.2 Å². The highest BCUT2D eigenvalue weighted by molar-refractivity contribution is 6.05. The monoisotopic (exact) mass is 343 g/mol. The maximum atomic E-state index is 13.3. The smallest absolute Gasteiger partial charge is 0.307 e. The van der Waals surface area contributed by atoms with Crippen molar-refractivity contribution < 1.29 is 23.8 Å². The van der Waals surface area contributed by atoms with Crippen LogP contribution in [0.4, 0.5) is 4.39 Å². The zero-order valence-corrected chi connectivity index (χ0v) is 13.9. The van der Waals surface area contributed by atoms with Crippen molar-refractivity contribution in [2.45, 2.75) is 19.8 Å². The number of aliphatic carboxylic acids is 1. The molecule has 2 bridgehead atoms. The number of hydrogen-bond donors (Lipinski definition) is 2. The van der Waals surface area contributed by atoms with Gasteiger partial charge in [-0.3, -0.25) is 9.59 Å². The lowest BCUT2D eigenvalue weighted by Crippen LogP contribution is -2.25. The zero-order valence-electron chi connectivity index (χ0n) is 13.9. The van der Waals surface area contributed by atoms with Gasteiger partial charge in [-0.2, -0.15) is 0 Å². The van der Waals surface area contributed by atoms with Crippen LogP contribution in [0.25, 0.3) is 5.76 Å². The van der Waals surface area contributed by atoms with Crippen molar-refractivity contribution in [1.82, 2.24) is 5.32 Å². The van der Waals surface area contributed by atoms with Crippen LogP contribution in [-0.2, 0) is 14.3 Å². The van der Waals surface area contributed by atoms with E-state index in [1.807, 2.05) is 6.92 Å². The van der Waals surface area contributed by atoms with Gasteiger partial charge in [-0.05, 0) is 47.4 Å². The number of carbonyl (C=O) groups is 2. The molecule has 1 aromatic carbocycles. The minimum absolute atomic E-state index is 0.0559. The van der Waals surface area contributed by atoms with Crippen molar-refractivity contribution in [2.75, 3.05) is 7.05 Å². The molecule has 1 aromatic rings. The number of allylic oxidation sites excluding steroid dienone is 2. The number of hydrogen-bond acceptors (Lipinski definition) is 3. The average Bonchev–Trinajstić information content (AvgIpc) is 2.79. The Balaban J connectivity index is 2.25. The summed E-state index contributed by atoms with van der Waals surface area (Å²) in [5, 5.41) is 11.8. The molecule has 0 spiro atoms. The summed E-state index contributed by atoms with van der Waals surface area (Å²) in [4.78, 5) is 23.8. The molecule has 2 heterocycles. The van der Waals surface area contributed by atoms with E-state index >= 15 is 0 Å². The molecule has 2 aliphatic heterocycles. The van der Waals surface area contributed by atoms with Crippen molar-refractivity contribution in [2.24, 2.45) is 5.92 Å². The van der Waals surface area contributed by atoms with Crippen molar-refractivity contribution in [3.63, 3.8) is 0 Å². The predicted molar refractivity (Wildman–Crippen MR) is 89.6 cm³/mol. The molecule has 25 heavy (non-hydrogen) atoms. The molecule has 2 N–H and O–H groups in total. The number of halogens is 1. The number of fused-ring (bicyclic) bond motifs is 3. The van der Waals surface area contributed by atoms with Crippen LogP contribution in [0.2, 0.25) is 0 Å². The highest BCUT2D eigenvalue weighted by Crippen LogP contribution is 2.44. The molecular formula is C19H18FNO4. The second-order valence-corrected chi connectivity index (χ2v) is 6.12. The minimum Gasteiger partial charge on any atom is -0.481 e. The summed E-state index contributed by atoms with van der Waals surface area (Å²) in [7, 11) is 1.51. The van der Waals surface area contributed by atoms with Crippen LogP contribution in [0.15, 0.2) is 52.8 Å². The fraction of sp³-hybridized carbons (Fsp3) is 0.263. The molecule has 0 saturated carbocycles. The van der Waals surface area contributed by atoms with Crippen LogP contribution < -0.4 is 5.32 Å². The number of ether oxygens (including phenoxy) is 1. The standard InChI is InChI=1S/C19H18FNO4/c1-10-7-14-8-12(9-15(22)23)16(10)17(19(24)21-2)18(25-14)11-3-5-13(20)6-4-11/h3-6,8,10H,7,9H2,1-2H3,(H,21,24)(H,22,23)/t10-/m1/s1. The molecule has 0 unspecified atom stereocenters. The molecule has 0 radical (unpaired) electrons. The van der Waals surface area contributed by atoms with Crippen LogP contribution in [0.1, 0.15) is 25.3 Å². The summed E-state index contributed by atoms with van der Waals surface area (Å²) in [6, 6.07) is 5.68. The Morgan fingerprint density at radius 1 is 1.32 bits per heavy atom. The van der Waals surface area contributed by atoms with Crippen LogP contribution in [0, 0.1) is 11.7 Å². The molecule has 1 amide bonds. The first kappa shape index (κ1) is 17.0. The normalized spacial score (nSPS) is 19.3. The Bertz CT molecular complexity index is 833. The van der Waals surface area contributed by atoms with E-state index in [9.17, 15) is 19.1 Å². The molecule has 130 valence electrons. The Labute approximate surface area is 144 Å². The summed E-state index contributed by atoms with van der Waals surface area (Å²) < 4.78 is 19.2. The van der Waals surface area contributed by atoms with Gasteiger partial charge in [0, 0.05) is 19.0 Å². The Kier molecular flexibility index (Phi) is 4.44. The molecule has 1 aliphatic carbocycles. The summed E-state index contributed by atoms with van der Waals surface area (Å²) in [5.41, 5.74) is 2.11. The third kappa shape index (κ3) is 3.20. The molecular weight excluding hydrogens is 325 g/mol. The van der Waals surface area contributed by atoms with E-state index in [4.69, 9.17) is 4.74 Å². The van der Waals surface area contributed by atoms with Gasteiger partial charge in [-0.15, -0.1) is 0 Å². The number of amides is 1. The van der Waals surface area contributed by atoms with Gasteiger partial charge < -0.3 is 15.2 Å². The molecule has 0 aromatic heterocycles. The Morgan fingerprint density at radius 3 is 2.60 bits per heavy atom. The predicted octanol–water partition coefficient (Wildman–Crippen LogP) is 3.01. The maximum absolute atomic E-state index is 13.3. The lowest BCUT2D eigenvalue weighted by Gasteiger charge is -2.21.